The number of hydrogen-bond acceptors (Lipinski definition) is 3. The van der Waals surface area contributed by atoms with Crippen molar-refractivity contribution in [3.63, 3.8) is 0 Å². The molecule has 0 saturated carbocycles. The lowest BCUT2D eigenvalue weighted by atomic mass is 10.1. The Morgan fingerprint density at radius 2 is 2.10 bits per heavy atom. The molecule has 0 radical (unpaired) electrons. The van der Waals surface area contributed by atoms with E-state index < -0.39 is 0 Å². The van der Waals surface area contributed by atoms with Gasteiger partial charge in [-0.05, 0) is 38.5 Å². The normalized spacial score (nSPS) is 13.1. The van der Waals surface area contributed by atoms with Gasteiger partial charge in [0.05, 0.1) is 17.5 Å². The summed E-state index contributed by atoms with van der Waals surface area (Å²) in [5, 5.41) is 3.93. The zero-order valence-electron chi connectivity index (χ0n) is 12.5. The first-order chi connectivity index (χ1) is 9.19. The number of carbonyl (C=O) groups is 1. The Morgan fingerprint density at radius 3 is 2.60 bits per heavy atom. The predicted octanol–water partition coefficient (Wildman–Crippen LogP) is 2.73. The van der Waals surface area contributed by atoms with Crippen LogP contribution in [0.15, 0.2) is 18.2 Å². The lowest BCUT2D eigenvalue weighted by molar-refractivity contribution is -0.122. The standard InChI is InChI=1S/C15H23ClN2O2/c1-10(14(17)19)9-20-13-6-5-11(7-12(13)16)8-18-15(2,3)4/h5-7,10,18H,8-9H2,1-4H3,(H2,17,19). The lowest BCUT2D eigenvalue weighted by Crippen LogP contribution is -2.35. The van der Waals surface area contributed by atoms with Crippen molar-refractivity contribution < 1.29 is 9.53 Å². The topological polar surface area (TPSA) is 64.3 Å². The van der Waals surface area contributed by atoms with Gasteiger partial charge in [0.15, 0.2) is 0 Å². The number of nitrogens with two attached hydrogens (primary N) is 1. The molecule has 0 aliphatic rings. The minimum absolute atomic E-state index is 0.0541. The summed E-state index contributed by atoms with van der Waals surface area (Å²) in [6.45, 7) is 9.01. The van der Waals surface area contributed by atoms with Gasteiger partial charge in [0.1, 0.15) is 5.75 Å². The van der Waals surface area contributed by atoms with Gasteiger partial charge in [-0.25, -0.2) is 0 Å². The minimum Gasteiger partial charge on any atom is -0.491 e. The van der Waals surface area contributed by atoms with E-state index in [0.717, 1.165) is 12.1 Å². The van der Waals surface area contributed by atoms with Gasteiger partial charge >= 0.3 is 0 Å². The smallest absolute Gasteiger partial charge is 0.223 e. The molecule has 1 aromatic carbocycles. The number of rotatable bonds is 6. The van der Waals surface area contributed by atoms with Crippen LogP contribution in [0, 0.1) is 5.92 Å². The van der Waals surface area contributed by atoms with Crippen molar-refractivity contribution in [3.8, 4) is 5.75 Å². The highest BCUT2D eigenvalue weighted by atomic mass is 35.5. The van der Waals surface area contributed by atoms with E-state index >= 15 is 0 Å². The molecule has 1 aromatic rings. The molecular formula is C15H23ClN2O2. The molecule has 0 heterocycles. The van der Waals surface area contributed by atoms with Gasteiger partial charge in [-0.15, -0.1) is 0 Å². The van der Waals surface area contributed by atoms with Gasteiger partial charge in [-0.2, -0.15) is 0 Å². The van der Waals surface area contributed by atoms with Crippen LogP contribution in [-0.4, -0.2) is 18.1 Å². The number of carbonyl (C=O) groups excluding carboxylic acids is 1. The third-order valence-electron chi connectivity index (χ3n) is 2.79. The van der Waals surface area contributed by atoms with Crippen molar-refractivity contribution in [2.45, 2.75) is 39.8 Å². The Labute approximate surface area is 125 Å². The van der Waals surface area contributed by atoms with Gasteiger partial charge in [0.25, 0.3) is 0 Å². The maximum Gasteiger partial charge on any atom is 0.223 e. The maximum atomic E-state index is 10.9. The van der Waals surface area contributed by atoms with Crippen LogP contribution in [0.5, 0.6) is 5.75 Å². The second-order valence-corrected chi connectivity index (χ2v) is 6.39. The molecule has 1 amide bonds. The average molecular weight is 299 g/mol. The van der Waals surface area contributed by atoms with Gasteiger partial charge in [-0.1, -0.05) is 24.6 Å². The Bertz CT molecular complexity index is 469. The molecule has 112 valence electrons. The second kappa shape index (κ2) is 6.95. The van der Waals surface area contributed by atoms with Crippen LogP contribution >= 0.6 is 11.6 Å². The zero-order chi connectivity index (χ0) is 15.3. The van der Waals surface area contributed by atoms with E-state index in [1.54, 1.807) is 6.92 Å². The van der Waals surface area contributed by atoms with Crippen LogP contribution in [0.3, 0.4) is 0 Å². The summed E-state index contributed by atoms with van der Waals surface area (Å²) in [5.41, 5.74) is 6.32. The Morgan fingerprint density at radius 1 is 1.45 bits per heavy atom. The van der Waals surface area contributed by atoms with E-state index in [2.05, 4.69) is 26.1 Å². The van der Waals surface area contributed by atoms with Crippen LogP contribution in [-0.2, 0) is 11.3 Å². The van der Waals surface area contributed by atoms with Crippen molar-refractivity contribution in [1.29, 1.82) is 0 Å². The molecule has 0 saturated heterocycles. The highest BCUT2D eigenvalue weighted by Gasteiger charge is 2.12. The Hall–Kier alpha value is -1.26. The van der Waals surface area contributed by atoms with E-state index in [1.807, 2.05) is 18.2 Å². The van der Waals surface area contributed by atoms with E-state index in [9.17, 15) is 4.79 Å². The van der Waals surface area contributed by atoms with Gasteiger partial charge in [0, 0.05) is 12.1 Å². The molecule has 3 N–H and O–H groups in total. The van der Waals surface area contributed by atoms with E-state index in [4.69, 9.17) is 22.1 Å². The van der Waals surface area contributed by atoms with Crippen LogP contribution in [0.1, 0.15) is 33.3 Å². The van der Waals surface area contributed by atoms with Gasteiger partial charge < -0.3 is 15.8 Å². The monoisotopic (exact) mass is 298 g/mol. The van der Waals surface area contributed by atoms with Crippen molar-refractivity contribution in [2.24, 2.45) is 11.7 Å². The molecule has 0 fully saturated rings. The van der Waals surface area contributed by atoms with E-state index in [-0.39, 0.29) is 24.0 Å². The van der Waals surface area contributed by atoms with E-state index in [1.165, 1.54) is 0 Å². The molecule has 0 bridgehead atoms. The third-order valence-corrected chi connectivity index (χ3v) is 3.09. The largest absolute Gasteiger partial charge is 0.491 e. The quantitative estimate of drug-likeness (QED) is 0.849. The summed E-state index contributed by atoms with van der Waals surface area (Å²) in [5.74, 6) is -0.153. The second-order valence-electron chi connectivity index (χ2n) is 5.98. The maximum absolute atomic E-state index is 10.9. The van der Waals surface area contributed by atoms with Crippen LogP contribution < -0.4 is 15.8 Å². The number of halogens is 1. The summed E-state index contributed by atoms with van der Waals surface area (Å²) in [6, 6.07) is 5.63. The highest BCUT2D eigenvalue weighted by Crippen LogP contribution is 2.26. The average Bonchev–Trinajstić information content (AvgIpc) is 2.33. The van der Waals surface area contributed by atoms with Crippen LogP contribution in [0.2, 0.25) is 5.02 Å². The SMILES string of the molecule is CC(COc1ccc(CNC(C)(C)C)cc1Cl)C(N)=O. The number of primary amides is 1. The van der Waals surface area contributed by atoms with Gasteiger partial charge in [-0.3, -0.25) is 4.79 Å². The van der Waals surface area contributed by atoms with Crippen LogP contribution in [0.4, 0.5) is 0 Å². The minimum atomic E-state index is -0.382. The zero-order valence-corrected chi connectivity index (χ0v) is 13.3. The molecule has 5 heteroatoms. The number of hydrogen-bond donors (Lipinski definition) is 2. The fourth-order valence-electron chi connectivity index (χ4n) is 1.44. The van der Waals surface area contributed by atoms with Gasteiger partial charge in [0.2, 0.25) is 5.91 Å². The number of nitrogens with one attached hydrogen (secondary N) is 1. The summed E-state index contributed by atoms with van der Waals surface area (Å²) in [4.78, 5) is 10.9. The lowest BCUT2D eigenvalue weighted by Gasteiger charge is -2.21. The van der Waals surface area contributed by atoms with E-state index in [0.29, 0.717) is 10.8 Å². The number of ether oxygens (including phenoxy) is 1. The highest BCUT2D eigenvalue weighted by molar-refractivity contribution is 6.32. The molecule has 0 aliphatic carbocycles. The first kappa shape index (κ1) is 16.8. The number of amides is 1. The van der Waals surface area contributed by atoms with Crippen molar-refractivity contribution >= 4 is 17.5 Å². The Balaban J connectivity index is 2.62. The molecule has 4 nitrogen and oxygen atoms in total. The van der Waals surface area contributed by atoms with Crippen molar-refractivity contribution in [2.75, 3.05) is 6.61 Å². The summed E-state index contributed by atoms with van der Waals surface area (Å²) in [6.07, 6.45) is 0. The predicted molar refractivity (Wildman–Crippen MR) is 81.9 cm³/mol. The summed E-state index contributed by atoms with van der Waals surface area (Å²) >= 11 is 6.17. The molecule has 1 unspecified atom stereocenters. The first-order valence-electron chi connectivity index (χ1n) is 6.64. The fraction of sp³-hybridized carbons (Fsp3) is 0.533. The first-order valence-corrected chi connectivity index (χ1v) is 7.02. The summed E-state index contributed by atoms with van der Waals surface area (Å²) in [7, 11) is 0. The van der Waals surface area contributed by atoms with Crippen molar-refractivity contribution in [1.82, 2.24) is 5.32 Å². The molecular weight excluding hydrogens is 276 g/mol. The molecule has 0 aromatic heterocycles. The molecule has 0 spiro atoms. The Kier molecular flexibility index (Phi) is 5.84. The fourth-order valence-corrected chi connectivity index (χ4v) is 1.69. The third kappa shape index (κ3) is 5.80. The molecule has 20 heavy (non-hydrogen) atoms. The van der Waals surface area contributed by atoms with Crippen LogP contribution in [0.25, 0.3) is 0 Å². The molecule has 1 rings (SSSR count). The summed E-state index contributed by atoms with van der Waals surface area (Å²) < 4.78 is 5.51. The number of benzene rings is 1. The van der Waals surface area contributed by atoms with Crippen molar-refractivity contribution in [3.05, 3.63) is 28.8 Å². The molecule has 1 atom stereocenters. The molecule has 0 aliphatic heterocycles.